The summed E-state index contributed by atoms with van der Waals surface area (Å²) in [5.41, 5.74) is 1.51. The second-order valence-electron chi connectivity index (χ2n) is 6.68. The summed E-state index contributed by atoms with van der Waals surface area (Å²) in [6.07, 6.45) is 2.20. The Morgan fingerprint density at radius 3 is 2.82 bits per heavy atom. The Morgan fingerprint density at radius 1 is 1.25 bits per heavy atom. The van der Waals surface area contributed by atoms with Gasteiger partial charge in [-0.1, -0.05) is 15.9 Å². The molecule has 0 bridgehead atoms. The zero-order valence-electron chi connectivity index (χ0n) is 16.0. The van der Waals surface area contributed by atoms with Crippen molar-refractivity contribution in [2.45, 2.75) is 25.3 Å². The molecule has 28 heavy (non-hydrogen) atoms. The summed E-state index contributed by atoms with van der Waals surface area (Å²) in [5.74, 6) is 1.20. The van der Waals surface area contributed by atoms with Gasteiger partial charge in [0.2, 0.25) is 0 Å². The van der Waals surface area contributed by atoms with Gasteiger partial charge in [-0.15, -0.1) is 0 Å². The monoisotopic (exact) mass is 450 g/mol. The standard InChI is InChI=1S/C21H24BrFN2O3/c1-27-16-6-8-20(28-2)17(13-16)19-4-3-11-25(19)21(26)24-10-9-14-12-15(22)5-7-18(14)23/h5-8,12-13,19H,3-4,9-11H2,1-2H3,(H,24,26). The Balaban J connectivity index is 1.67. The van der Waals surface area contributed by atoms with Crippen LogP contribution in [0.1, 0.15) is 30.0 Å². The summed E-state index contributed by atoms with van der Waals surface area (Å²) >= 11 is 3.35. The van der Waals surface area contributed by atoms with Gasteiger partial charge in [0.15, 0.2) is 0 Å². The molecule has 1 N–H and O–H groups in total. The van der Waals surface area contributed by atoms with E-state index in [1.165, 1.54) is 6.07 Å². The van der Waals surface area contributed by atoms with Gasteiger partial charge in [0.25, 0.3) is 0 Å². The van der Waals surface area contributed by atoms with Crippen LogP contribution in [0.2, 0.25) is 0 Å². The van der Waals surface area contributed by atoms with Gasteiger partial charge in [0, 0.05) is 23.1 Å². The first kappa shape index (κ1) is 20.5. The fraction of sp³-hybridized carbons (Fsp3) is 0.381. The third kappa shape index (κ3) is 4.58. The van der Waals surface area contributed by atoms with E-state index in [0.717, 1.165) is 34.4 Å². The Morgan fingerprint density at radius 2 is 2.07 bits per heavy atom. The lowest BCUT2D eigenvalue weighted by Crippen LogP contribution is -2.40. The van der Waals surface area contributed by atoms with Crippen LogP contribution in [0.4, 0.5) is 9.18 Å². The highest BCUT2D eigenvalue weighted by molar-refractivity contribution is 9.10. The SMILES string of the molecule is COc1ccc(OC)c(C2CCCN2C(=O)NCCc2cc(Br)ccc2F)c1. The second kappa shape index (κ2) is 9.28. The summed E-state index contributed by atoms with van der Waals surface area (Å²) in [6, 6.07) is 10.2. The van der Waals surface area contributed by atoms with E-state index in [-0.39, 0.29) is 17.9 Å². The summed E-state index contributed by atoms with van der Waals surface area (Å²) in [7, 11) is 3.24. The third-order valence-corrected chi connectivity index (χ3v) is 5.48. The molecule has 0 spiro atoms. The fourth-order valence-corrected chi connectivity index (χ4v) is 3.98. The number of nitrogens with one attached hydrogen (secondary N) is 1. The van der Waals surface area contributed by atoms with Crippen LogP contribution in [0.5, 0.6) is 11.5 Å². The molecule has 1 aliphatic rings. The number of benzene rings is 2. The number of carbonyl (C=O) groups excluding carboxylic acids is 1. The lowest BCUT2D eigenvalue weighted by atomic mass is 10.0. The van der Waals surface area contributed by atoms with Crippen molar-refractivity contribution in [2.24, 2.45) is 0 Å². The summed E-state index contributed by atoms with van der Waals surface area (Å²) in [4.78, 5) is 14.6. The van der Waals surface area contributed by atoms with E-state index in [9.17, 15) is 9.18 Å². The number of amides is 2. The maximum Gasteiger partial charge on any atom is 0.317 e. The lowest BCUT2D eigenvalue weighted by molar-refractivity contribution is 0.192. The molecule has 3 rings (SSSR count). The Kier molecular flexibility index (Phi) is 6.78. The highest BCUT2D eigenvalue weighted by Crippen LogP contribution is 2.38. The average molecular weight is 451 g/mol. The first-order chi connectivity index (χ1) is 13.5. The molecule has 1 fully saturated rings. The van der Waals surface area contributed by atoms with E-state index < -0.39 is 0 Å². The van der Waals surface area contributed by atoms with Crippen molar-refractivity contribution >= 4 is 22.0 Å². The summed E-state index contributed by atoms with van der Waals surface area (Å²) < 4.78 is 25.5. The normalized spacial score (nSPS) is 16.1. The minimum absolute atomic E-state index is 0.0762. The number of nitrogens with zero attached hydrogens (tertiary/aromatic N) is 1. The van der Waals surface area contributed by atoms with E-state index in [1.54, 1.807) is 26.4 Å². The minimum Gasteiger partial charge on any atom is -0.497 e. The van der Waals surface area contributed by atoms with E-state index in [1.807, 2.05) is 23.1 Å². The average Bonchev–Trinajstić information content (AvgIpc) is 3.19. The van der Waals surface area contributed by atoms with E-state index in [2.05, 4.69) is 21.2 Å². The molecule has 0 aromatic heterocycles. The van der Waals surface area contributed by atoms with Crippen LogP contribution in [-0.4, -0.2) is 38.2 Å². The Bertz CT molecular complexity index is 846. The number of urea groups is 1. The number of hydrogen-bond acceptors (Lipinski definition) is 3. The van der Waals surface area contributed by atoms with Gasteiger partial charge in [-0.25, -0.2) is 9.18 Å². The molecule has 1 unspecified atom stereocenters. The van der Waals surface area contributed by atoms with Crippen molar-refractivity contribution < 1.29 is 18.7 Å². The van der Waals surface area contributed by atoms with Crippen molar-refractivity contribution in [1.29, 1.82) is 0 Å². The van der Waals surface area contributed by atoms with Gasteiger partial charge in [0.05, 0.1) is 20.3 Å². The van der Waals surface area contributed by atoms with Crippen LogP contribution >= 0.6 is 15.9 Å². The number of rotatable bonds is 6. The van der Waals surface area contributed by atoms with E-state index >= 15 is 0 Å². The van der Waals surface area contributed by atoms with E-state index in [0.29, 0.717) is 25.1 Å². The molecule has 5 nitrogen and oxygen atoms in total. The molecule has 0 aliphatic carbocycles. The van der Waals surface area contributed by atoms with Gasteiger partial charge in [-0.05, 0) is 61.2 Å². The number of halogens is 2. The van der Waals surface area contributed by atoms with Gasteiger partial charge < -0.3 is 19.7 Å². The van der Waals surface area contributed by atoms with Crippen molar-refractivity contribution in [3.05, 3.63) is 57.8 Å². The molecule has 150 valence electrons. The molecule has 1 aliphatic heterocycles. The van der Waals surface area contributed by atoms with E-state index in [4.69, 9.17) is 9.47 Å². The third-order valence-electron chi connectivity index (χ3n) is 4.99. The second-order valence-corrected chi connectivity index (χ2v) is 7.59. The Labute approximate surface area is 172 Å². The fourth-order valence-electron chi connectivity index (χ4n) is 3.57. The van der Waals surface area contributed by atoms with Crippen LogP contribution in [-0.2, 0) is 6.42 Å². The number of ether oxygens (including phenoxy) is 2. The molecule has 0 saturated carbocycles. The van der Waals surface area contributed by atoms with Gasteiger partial charge in [-0.3, -0.25) is 0 Å². The molecule has 2 aromatic rings. The van der Waals surface area contributed by atoms with Crippen molar-refractivity contribution in [1.82, 2.24) is 10.2 Å². The largest absolute Gasteiger partial charge is 0.497 e. The zero-order valence-corrected chi connectivity index (χ0v) is 17.6. The topological polar surface area (TPSA) is 50.8 Å². The molecule has 1 heterocycles. The van der Waals surface area contributed by atoms with Crippen molar-refractivity contribution in [3.8, 4) is 11.5 Å². The van der Waals surface area contributed by atoms with Crippen LogP contribution in [0, 0.1) is 5.82 Å². The minimum atomic E-state index is -0.266. The number of likely N-dealkylation sites (tertiary alicyclic amines) is 1. The molecule has 2 amide bonds. The Hall–Kier alpha value is -2.28. The van der Waals surface area contributed by atoms with Crippen LogP contribution in [0.25, 0.3) is 0 Å². The number of carbonyl (C=O) groups is 1. The zero-order chi connectivity index (χ0) is 20.1. The summed E-state index contributed by atoms with van der Waals surface area (Å²) in [6.45, 7) is 1.03. The molecular weight excluding hydrogens is 427 g/mol. The van der Waals surface area contributed by atoms with Crippen LogP contribution in [0.3, 0.4) is 0 Å². The molecule has 1 saturated heterocycles. The first-order valence-corrected chi connectivity index (χ1v) is 10.0. The first-order valence-electron chi connectivity index (χ1n) is 9.23. The van der Waals surface area contributed by atoms with Crippen molar-refractivity contribution in [3.63, 3.8) is 0 Å². The number of methoxy groups -OCH3 is 2. The molecular formula is C21H24BrFN2O3. The quantitative estimate of drug-likeness (QED) is 0.693. The predicted octanol–water partition coefficient (Wildman–Crippen LogP) is 4.69. The predicted molar refractivity (Wildman–Crippen MR) is 109 cm³/mol. The van der Waals surface area contributed by atoms with Crippen molar-refractivity contribution in [2.75, 3.05) is 27.3 Å². The summed E-state index contributed by atoms with van der Waals surface area (Å²) in [5, 5.41) is 2.92. The van der Waals surface area contributed by atoms with Gasteiger partial charge >= 0.3 is 6.03 Å². The molecule has 1 atom stereocenters. The van der Waals surface area contributed by atoms with Crippen LogP contribution in [0.15, 0.2) is 40.9 Å². The highest BCUT2D eigenvalue weighted by atomic mass is 79.9. The van der Waals surface area contributed by atoms with Gasteiger partial charge in [-0.2, -0.15) is 0 Å². The van der Waals surface area contributed by atoms with Crippen LogP contribution < -0.4 is 14.8 Å². The number of hydrogen-bond donors (Lipinski definition) is 1. The molecule has 0 radical (unpaired) electrons. The smallest absolute Gasteiger partial charge is 0.317 e. The molecule has 7 heteroatoms. The lowest BCUT2D eigenvalue weighted by Gasteiger charge is -2.27. The molecule has 2 aromatic carbocycles. The maximum atomic E-state index is 13.9. The maximum absolute atomic E-state index is 13.9. The van der Waals surface area contributed by atoms with Gasteiger partial charge in [0.1, 0.15) is 17.3 Å². The highest BCUT2D eigenvalue weighted by Gasteiger charge is 2.32.